The van der Waals surface area contributed by atoms with Crippen molar-refractivity contribution < 1.29 is 14.3 Å². The molecule has 5 nitrogen and oxygen atoms in total. The molecule has 1 aromatic rings. The highest BCUT2D eigenvalue weighted by molar-refractivity contribution is 6.36. The lowest BCUT2D eigenvalue weighted by atomic mass is 10.2. The molecular formula is C15H21ClN2O3. The van der Waals surface area contributed by atoms with Crippen molar-refractivity contribution in [2.75, 3.05) is 32.0 Å². The van der Waals surface area contributed by atoms with Crippen molar-refractivity contribution in [3.63, 3.8) is 0 Å². The molecule has 1 aromatic carbocycles. The number of halogens is 1. The van der Waals surface area contributed by atoms with E-state index in [1.807, 2.05) is 0 Å². The van der Waals surface area contributed by atoms with Gasteiger partial charge in [0.1, 0.15) is 12.7 Å². The number of carbonyl (C=O) groups is 1. The van der Waals surface area contributed by atoms with E-state index < -0.39 is 5.97 Å². The average molecular weight is 313 g/mol. The monoisotopic (exact) mass is 312 g/mol. The predicted octanol–water partition coefficient (Wildman–Crippen LogP) is 2.19. The van der Waals surface area contributed by atoms with E-state index >= 15 is 0 Å². The van der Waals surface area contributed by atoms with Gasteiger partial charge >= 0.3 is 5.97 Å². The Morgan fingerprint density at radius 2 is 2.33 bits per heavy atom. The third-order valence-electron chi connectivity index (χ3n) is 3.55. The maximum Gasteiger partial charge on any atom is 0.339 e. The lowest BCUT2D eigenvalue weighted by Crippen LogP contribution is -2.47. The Balaban J connectivity index is 1.90. The minimum Gasteiger partial charge on any atom is -0.459 e. The van der Waals surface area contributed by atoms with Crippen molar-refractivity contribution >= 4 is 23.3 Å². The molecule has 1 fully saturated rings. The normalized spacial score (nSPS) is 19.7. The number of nitrogens with zero attached hydrogens (tertiary/aromatic N) is 1. The number of rotatable bonds is 4. The molecule has 1 aliphatic heterocycles. The van der Waals surface area contributed by atoms with E-state index in [0.29, 0.717) is 18.3 Å². The van der Waals surface area contributed by atoms with Crippen LogP contribution >= 0.6 is 11.6 Å². The summed E-state index contributed by atoms with van der Waals surface area (Å²) in [6.07, 6.45) is -0.107. The van der Waals surface area contributed by atoms with Gasteiger partial charge in [-0.1, -0.05) is 17.7 Å². The maximum absolute atomic E-state index is 12.0. The summed E-state index contributed by atoms with van der Waals surface area (Å²) in [5.74, 6) is -0.474. The summed E-state index contributed by atoms with van der Waals surface area (Å²) < 4.78 is 10.9. The number of hydrogen-bond donors (Lipinski definition) is 1. The van der Waals surface area contributed by atoms with Crippen molar-refractivity contribution in [3.8, 4) is 0 Å². The van der Waals surface area contributed by atoms with Gasteiger partial charge in [-0.3, -0.25) is 4.90 Å². The predicted molar refractivity (Wildman–Crippen MR) is 82.6 cm³/mol. The van der Waals surface area contributed by atoms with Crippen LogP contribution < -0.4 is 5.73 Å². The fourth-order valence-corrected chi connectivity index (χ4v) is 2.47. The maximum atomic E-state index is 12.0. The van der Waals surface area contributed by atoms with Gasteiger partial charge in [0.25, 0.3) is 0 Å². The lowest BCUT2D eigenvalue weighted by molar-refractivity contribution is -0.0662. The average Bonchev–Trinajstić information content (AvgIpc) is 2.48. The first-order valence-electron chi connectivity index (χ1n) is 7.05. The molecule has 1 unspecified atom stereocenters. The Morgan fingerprint density at radius 1 is 1.57 bits per heavy atom. The number of hydrogen-bond acceptors (Lipinski definition) is 5. The highest BCUT2D eigenvalue weighted by Crippen LogP contribution is 2.23. The Kier molecular flexibility index (Phi) is 5.45. The highest BCUT2D eigenvalue weighted by Gasteiger charge is 2.24. The second-order valence-corrected chi connectivity index (χ2v) is 5.77. The van der Waals surface area contributed by atoms with Gasteiger partial charge in [0, 0.05) is 19.1 Å². The van der Waals surface area contributed by atoms with Gasteiger partial charge in [0.05, 0.1) is 22.9 Å². The fourth-order valence-electron chi connectivity index (χ4n) is 2.27. The van der Waals surface area contributed by atoms with Crippen LogP contribution in [0, 0.1) is 0 Å². The fraction of sp³-hybridized carbons (Fsp3) is 0.533. The third kappa shape index (κ3) is 4.09. The first-order valence-corrected chi connectivity index (χ1v) is 7.43. The standard InChI is InChI=1S/C15H21ClN2O3/c1-10(2)18-6-7-20-11(8-18)9-21-15(19)12-4-3-5-13(17)14(12)16/h3-5,10-11H,6-9,17H2,1-2H3. The van der Waals surface area contributed by atoms with Crippen LogP contribution in [0.15, 0.2) is 18.2 Å². The van der Waals surface area contributed by atoms with Gasteiger partial charge in [0.15, 0.2) is 0 Å². The molecule has 1 heterocycles. The summed E-state index contributed by atoms with van der Waals surface area (Å²) in [6, 6.07) is 5.37. The SMILES string of the molecule is CC(C)N1CCOC(COC(=O)c2cccc(N)c2Cl)C1. The minimum atomic E-state index is -0.474. The van der Waals surface area contributed by atoms with Crippen LogP contribution in [-0.2, 0) is 9.47 Å². The van der Waals surface area contributed by atoms with E-state index in [2.05, 4.69) is 18.7 Å². The summed E-state index contributed by atoms with van der Waals surface area (Å²) in [5, 5.41) is 0.232. The molecular weight excluding hydrogens is 292 g/mol. The molecule has 0 bridgehead atoms. The highest BCUT2D eigenvalue weighted by atomic mass is 35.5. The molecule has 0 spiro atoms. The van der Waals surface area contributed by atoms with Gasteiger partial charge in [-0.05, 0) is 26.0 Å². The number of benzene rings is 1. The Bertz CT molecular complexity index is 508. The molecule has 1 aliphatic rings. The second-order valence-electron chi connectivity index (χ2n) is 5.39. The molecule has 0 aliphatic carbocycles. The van der Waals surface area contributed by atoms with Crippen LogP contribution in [0.1, 0.15) is 24.2 Å². The summed E-state index contributed by atoms with van der Waals surface area (Å²) in [4.78, 5) is 14.3. The van der Waals surface area contributed by atoms with Gasteiger partial charge < -0.3 is 15.2 Å². The van der Waals surface area contributed by atoms with Crippen molar-refractivity contribution in [3.05, 3.63) is 28.8 Å². The van der Waals surface area contributed by atoms with Gasteiger partial charge in [-0.25, -0.2) is 4.79 Å². The molecule has 1 atom stereocenters. The van der Waals surface area contributed by atoms with Crippen LogP contribution in [0.3, 0.4) is 0 Å². The summed E-state index contributed by atoms with van der Waals surface area (Å²) in [5.41, 5.74) is 6.33. The van der Waals surface area contributed by atoms with E-state index in [1.165, 1.54) is 0 Å². The van der Waals surface area contributed by atoms with Crippen LogP contribution in [0.2, 0.25) is 5.02 Å². The van der Waals surface area contributed by atoms with Crippen LogP contribution in [0.4, 0.5) is 5.69 Å². The Labute approximate surface area is 130 Å². The van der Waals surface area contributed by atoms with E-state index in [4.69, 9.17) is 26.8 Å². The van der Waals surface area contributed by atoms with Crippen LogP contribution in [0.5, 0.6) is 0 Å². The summed E-state index contributed by atoms with van der Waals surface area (Å²) in [7, 11) is 0. The number of nitrogen functional groups attached to an aromatic ring is 1. The van der Waals surface area contributed by atoms with Gasteiger partial charge in [-0.15, -0.1) is 0 Å². The van der Waals surface area contributed by atoms with E-state index in [9.17, 15) is 4.79 Å². The summed E-state index contributed by atoms with van der Waals surface area (Å²) >= 11 is 6.01. The van der Waals surface area contributed by atoms with Crippen molar-refractivity contribution in [2.24, 2.45) is 0 Å². The molecule has 0 saturated carbocycles. The Hall–Kier alpha value is -1.30. The van der Waals surface area contributed by atoms with E-state index in [0.717, 1.165) is 13.1 Å². The molecule has 6 heteroatoms. The number of carbonyl (C=O) groups excluding carboxylic acids is 1. The molecule has 2 rings (SSSR count). The minimum absolute atomic E-state index is 0.107. The van der Waals surface area contributed by atoms with Crippen molar-refractivity contribution in [1.29, 1.82) is 0 Å². The van der Waals surface area contributed by atoms with Crippen molar-refractivity contribution in [1.82, 2.24) is 4.90 Å². The molecule has 21 heavy (non-hydrogen) atoms. The second kappa shape index (κ2) is 7.11. The molecule has 0 amide bonds. The molecule has 0 radical (unpaired) electrons. The number of morpholine rings is 1. The Morgan fingerprint density at radius 3 is 3.05 bits per heavy atom. The van der Waals surface area contributed by atoms with E-state index in [1.54, 1.807) is 18.2 Å². The third-order valence-corrected chi connectivity index (χ3v) is 3.97. The summed E-state index contributed by atoms with van der Waals surface area (Å²) in [6.45, 7) is 6.81. The number of ether oxygens (including phenoxy) is 2. The zero-order chi connectivity index (χ0) is 15.4. The van der Waals surface area contributed by atoms with E-state index in [-0.39, 0.29) is 23.3 Å². The number of esters is 1. The first-order chi connectivity index (χ1) is 9.99. The van der Waals surface area contributed by atoms with Gasteiger partial charge in [0.2, 0.25) is 0 Å². The number of anilines is 1. The van der Waals surface area contributed by atoms with Crippen LogP contribution in [-0.4, -0.2) is 49.3 Å². The smallest absolute Gasteiger partial charge is 0.339 e. The zero-order valence-corrected chi connectivity index (χ0v) is 13.1. The lowest BCUT2D eigenvalue weighted by Gasteiger charge is -2.35. The van der Waals surface area contributed by atoms with Crippen molar-refractivity contribution in [2.45, 2.75) is 26.0 Å². The molecule has 1 saturated heterocycles. The largest absolute Gasteiger partial charge is 0.459 e. The first kappa shape index (κ1) is 16.1. The number of nitrogens with two attached hydrogens (primary N) is 1. The quantitative estimate of drug-likeness (QED) is 0.682. The zero-order valence-electron chi connectivity index (χ0n) is 12.3. The molecule has 0 aromatic heterocycles. The molecule has 116 valence electrons. The van der Waals surface area contributed by atoms with Gasteiger partial charge in [-0.2, -0.15) is 0 Å². The molecule has 2 N–H and O–H groups in total. The topological polar surface area (TPSA) is 64.8 Å². The van der Waals surface area contributed by atoms with Crippen LogP contribution in [0.25, 0.3) is 0 Å².